The Morgan fingerprint density at radius 3 is 2.47 bits per heavy atom. The summed E-state index contributed by atoms with van der Waals surface area (Å²) < 4.78 is 8.64. The number of aromatic nitrogens is 2. The van der Waals surface area contributed by atoms with Gasteiger partial charge in [-0.15, -0.1) is 0 Å². The Morgan fingerprint density at radius 1 is 1.03 bits per heavy atom. The first-order valence-corrected chi connectivity index (χ1v) is 11.9. The average molecular weight is 517 g/mol. The van der Waals surface area contributed by atoms with Gasteiger partial charge in [0.1, 0.15) is 11.9 Å². The maximum absolute atomic E-state index is 13.6. The van der Waals surface area contributed by atoms with Gasteiger partial charge in [-0.2, -0.15) is 5.10 Å². The molecule has 0 spiro atoms. The van der Waals surface area contributed by atoms with Crippen molar-refractivity contribution >= 4 is 33.2 Å². The van der Waals surface area contributed by atoms with Crippen molar-refractivity contribution in [3.63, 3.8) is 0 Å². The summed E-state index contributed by atoms with van der Waals surface area (Å²) in [6.07, 6.45) is -0.373. The van der Waals surface area contributed by atoms with Crippen LogP contribution in [0.4, 0.5) is 11.4 Å². The molecule has 5 rings (SSSR count). The topological polar surface area (TPSA) is 59.4 Å². The van der Waals surface area contributed by atoms with E-state index in [1.165, 1.54) is 0 Å². The van der Waals surface area contributed by atoms with Gasteiger partial charge in [0.2, 0.25) is 0 Å². The van der Waals surface area contributed by atoms with Crippen LogP contribution in [0.15, 0.2) is 77.3 Å². The normalized spacial score (nSPS) is 15.1. The van der Waals surface area contributed by atoms with Gasteiger partial charge in [-0.05, 0) is 71.7 Å². The number of anilines is 2. The van der Waals surface area contributed by atoms with E-state index < -0.39 is 0 Å². The number of amides is 1. The number of methoxy groups -OCH3 is 1. The Kier molecular flexibility index (Phi) is 5.87. The summed E-state index contributed by atoms with van der Waals surface area (Å²) in [7, 11) is 1.67. The number of ether oxygens (including phenoxy) is 1. The molecular weight excluding hydrogens is 492 g/mol. The third kappa shape index (κ3) is 3.86. The Bertz CT molecular complexity index is 1370. The molecule has 0 saturated heterocycles. The number of carbonyl (C=O) groups is 1. The van der Waals surface area contributed by atoms with Crippen LogP contribution in [-0.2, 0) is 6.54 Å². The summed E-state index contributed by atoms with van der Waals surface area (Å²) in [4.78, 5) is 15.4. The lowest BCUT2D eigenvalue weighted by atomic mass is 10.0. The molecule has 0 bridgehead atoms. The minimum Gasteiger partial charge on any atom is -0.496 e. The van der Waals surface area contributed by atoms with Gasteiger partial charge in [0, 0.05) is 16.9 Å². The molecule has 1 N–H and O–H groups in total. The Hall–Kier alpha value is -3.58. The molecule has 0 saturated carbocycles. The van der Waals surface area contributed by atoms with E-state index in [1.807, 2.05) is 90.2 Å². The Labute approximate surface area is 207 Å². The zero-order chi connectivity index (χ0) is 23.8. The molecule has 1 aliphatic heterocycles. The van der Waals surface area contributed by atoms with Crippen molar-refractivity contribution in [3.05, 3.63) is 105 Å². The molecule has 1 amide bonds. The third-order valence-electron chi connectivity index (χ3n) is 6.19. The van der Waals surface area contributed by atoms with Crippen molar-refractivity contribution in [2.45, 2.75) is 26.6 Å². The van der Waals surface area contributed by atoms with Crippen LogP contribution in [0.25, 0.3) is 0 Å². The zero-order valence-corrected chi connectivity index (χ0v) is 20.8. The third-order valence-corrected chi connectivity index (χ3v) is 7.34. The van der Waals surface area contributed by atoms with E-state index in [2.05, 4.69) is 32.4 Å². The number of aryl methyl sites for hydroxylation is 1. The van der Waals surface area contributed by atoms with Crippen molar-refractivity contribution in [1.29, 1.82) is 0 Å². The van der Waals surface area contributed by atoms with Crippen molar-refractivity contribution in [1.82, 2.24) is 9.78 Å². The SMILES string of the molecule is COc1ccc(C2Nc3ccccc3C(=O)N2c2ccccc2)cc1Cn1nc(C)c(Br)c1C. The fourth-order valence-electron chi connectivity index (χ4n) is 4.42. The molecule has 2 heterocycles. The molecular formula is C27H25BrN4O2. The number of nitrogens with one attached hydrogen (secondary N) is 1. The molecule has 4 aromatic rings. The van der Waals surface area contributed by atoms with E-state index in [9.17, 15) is 4.79 Å². The number of fused-ring (bicyclic) bond motifs is 1. The molecule has 1 unspecified atom stereocenters. The Morgan fingerprint density at radius 2 is 1.76 bits per heavy atom. The van der Waals surface area contributed by atoms with Crippen molar-refractivity contribution in [2.24, 2.45) is 0 Å². The monoisotopic (exact) mass is 516 g/mol. The lowest BCUT2D eigenvalue weighted by Crippen LogP contribution is -2.43. The molecule has 1 aliphatic rings. The first-order valence-electron chi connectivity index (χ1n) is 11.1. The van der Waals surface area contributed by atoms with E-state index >= 15 is 0 Å². The number of halogens is 1. The van der Waals surface area contributed by atoms with Crippen LogP contribution < -0.4 is 15.0 Å². The largest absolute Gasteiger partial charge is 0.496 e. The van der Waals surface area contributed by atoms with E-state index in [1.54, 1.807) is 7.11 Å². The van der Waals surface area contributed by atoms with Crippen LogP contribution in [-0.4, -0.2) is 22.8 Å². The molecule has 7 heteroatoms. The van der Waals surface area contributed by atoms with Crippen LogP contribution in [0.2, 0.25) is 0 Å². The van der Waals surface area contributed by atoms with Crippen LogP contribution in [0, 0.1) is 13.8 Å². The first kappa shape index (κ1) is 22.2. The summed E-state index contributed by atoms with van der Waals surface area (Å²) in [5.74, 6) is 0.742. The molecule has 0 aliphatic carbocycles. The number of nitrogens with zero attached hydrogens (tertiary/aromatic N) is 3. The summed E-state index contributed by atoms with van der Waals surface area (Å²) in [5.41, 5.74) is 6.25. The lowest BCUT2D eigenvalue weighted by Gasteiger charge is -2.38. The van der Waals surface area contributed by atoms with Gasteiger partial charge in [-0.3, -0.25) is 14.4 Å². The number of hydrogen-bond acceptors (Lipinski definition) is 4. The average Bonchev–Trinajstić information content (AvgIpc) is 3.10. The van der Waals surface area contributed by atoms with E-state index in [-0.39, 0.29) is 12.1 Å². The number of hydrogen-bond donors (Lipinski definition) is 1. The summed E-state index contributed by atoms with van der Waals surface area (Å²) >= 11 is 3.61. The number of benzene rings is 3. The smallest absolute Gasteiger partial charge is 0.262 e. The highest BCUT2D eigenvalue weighted by molar-refractivity contribution is 9.10. The molecule has 1 atom stereocenters. The molecule has 1 aromatic heterocycles. The highest BCUT2D eigenvalue weighted by Crippen LogP contribution is 2.38. The van der Waals surface area contributed by atoms with Gasteiger partial charge >= 0.3 is 0 Å². The molecule has 0 fully saturated rings. The minimum absolute atomic E-state index is 0.0367. The van der Waals surface area contributed by atoms with Crippen molar-refractivity contribution in [2.75, 3.05) is 17.3 Å². The van der Waals surface area contributed by atoms with Crippen LogP contribution >= 0.6 is 15.9 Å². The molecule has 34 heavy (non-hydrogen) atoms. The van der Waals surface area contributed by atoms with Gasteiger partial charge in [0.15, 0.2) is 0 Å². The quantitative estimate of drug-likeness (QED) is 0.348. The summed E-state index contributed by atoms with van der Waals surface area (Å²) in [6.45, 7) is 4.57. The van der Waals surface area contributed by atoms with E-state index in [4.69, 9.17) is 4.74 Å². The van der Waals surface area contributed by atoms with Crippen LogP contribution in [0.1, 0.15) is 39.0 Å². The fraction of sp³-hybridized carbons (Fsp3) is 0.185. The lowest BCUT2D eigenvalue weighted by molar-refractivity contribution is 0.0975. The molecule has 172 valence electrons. The molecule has 6 nitrogen and oxygen atoms in total. The van der Waals surface area contributed by atoms with Crippen molar-refractivity contribution in [3.8, 4) is 5.75 Å². The standard InChI is InChI=1S/C27H25BrN4O2/c1-17-25(28)18(2)31(30-17)16-20-15-19(13-14-24(20)34-3)26-29-23-12-8-7-11-22(23)27(33)32(26)21-9-5-4-6-10-21/h4-15,26,29H,16H2,1-3H3. The highest BCUT2D eigenvalue weighted by atomic mass is 79.9. The van der Waals surface area contributed by atoms with Gasteiger partial charge in [-0.1, -0.05) is 36.4 Å². The molecule has 3 aromatic carbocycles. The van der Waals surface area contributed by atoms with Gasteiger partial charge in [0.25, 0.3) is 5.91 Å². The van der Waals surface area contributed by atoms with Crippen LogP contribution in [0.5, 0.6) is 5.75 Å². The second-order valence-corrected chi connectivity index (χ2v) is 9.11. The predicted octanol–water partition coefficient (Wildman–Crippen LogP) is 6.09. The number of para-hydroxylation sites is 2. The van der Waals surface area contributed by atoms with Gasteiger partial charge < -0.3 is 10.1 Å². The predicted molar refractivity (Wildman–Crippen MR) is 138 cm³/mol. The fourth-order valence-corrected chi connectivity index (χ4v) is 4.71. The number of rotatable bonds is 5. The first-order chi connectivity index (χ1) is 16.5. The van der Waals surface area contributed by atoms with E-state index in [0.717, 1.165) is 44.1 Å². The summed E-state index contributed by atoms with van der Waals surface area (Å²) in [6, 6.07) is 23.4. The zero-order valence-electron chi connectivity index (χ0n) is 19.2. The Balaban J connectivity index is 1.60. The maximum Gasteiger partial charge on any atom is 0.262 e. The second-order valence-electron chi connectivity index (χ2n) is 8.32. The van der Waals surface area contributed by atoms with E-state index in [0.29, 0.717) is 12.1 Å². The van der Waals surface area contributed by atoms with Gasteiger partial charge in [-0.25, -0.2) is 0 Å². The summed E-state index contributed by atoms with van der Waals surface area (Å²) in [5, 5.41) is 8.24. The second kappa shape index (κ2) is 8.99. The maximum atomic E-state index is 13.6. The van der Waals surface area contributed by atoms with Crippen molar-refractivity contribution < 1.29 is 9.53 Å². The van der Waals surface area contributed by atoms with Gasteiger partial charge in [0.05, 0.1) is 35.1 Å². The minimum atomic E-state index is -0.373. The van der Waals surface area contributed by atoms with Crippen LogP contribution in [0.3, 0.4) is 0 Å². The highest BCUT2D eigenvalue weighted by Gasteiger charge is 2.34. The number of carbonyl (C=O) groups excluding carboxylic acids is 1. The molecule has 0 radical (unpaired) electrons.